The monoisotopic (exact) mass is 306 g/mol. The highest BCUT2D eigenvalue weighted by atomic mass is 32.1. The largest absolute Gasteiger partial charge is 0.340 e. The molecule has 0 unspecified atom stereocenters. The van der Waals surface area contributed by atoms with Crippen molar-refractivity contribution in [1.82, 2.24) is 9.80 Å². The molecule has 0 radical (unpaired) electrons. The number of carbonyl (C=O) groups is 2. The molecule has 2 heterocycles. The fourth-order valence-electron chi connectivity index (χ4n) is 2.23. The van der Waals surface area contributed by atoms with E-state index in [4.69, 9.17) is 5.26 Å². The number of anilines is 1. The number of hydrogen-bond acceptors (Lipinski definition) is 5. The fraction of sp³-hybridized carbons (Fsp3) is 0.500. The lowest BCUT2D eigenvalue weighted by molar-refractivity contribution is -0.130. The van der Waals surface area contributed by atoms with E-state index in [-0.39, 0.29) is 11.8 Å². The van der Waals surface area contributed by atoms with Crippen LogP contribution >= 0.6 is 11.3 Å². The van der Waals surface area contributed by atoms with Gasteiger partial charge >= 0.3 is 0 Å². The van der Waals surface area contributed by atoms with Gasteiger partial charge in [0.05, 0.1) is 5.56 Å². The summed E-state index contributed by atoms with van der Waals surface area (Å²) in [5, 5.41) is 14.1. The molecule has 1 fully saturated rings. The topological polar surface area (TPSA) is 76.4 Å². The Labute approximate surface area is 128 Å². The predicted octanol–water partition coefficient (Wildman–Crippen LogP) is 1.11. The second-order valence-corrected chi connectivity index (χ2v) is 5.84. The van der Waals surface area contributed by atoms with Crippen molar-refractivity contribution in [3.63, 3.8) is 0 Å². The molecule has 0 saturated carbocycles. The van der Waals surface area contributed by atoms with Gasteiger partial charge in [0.15, 0.2) is 0 Å². The molecule has 1 N–H and O–H groups in total. The quantitative estimate of drug-likeness (QED) is 0.904. The first-order chi connectivity index (χ1) is 10.1. The molecule has 0 bridgehead atoms. The van der Waals surface area contributed by atoms with Crippen molar-refractivity contribution in [1.29, 1.82) is 5.26 Å². The summed E-state index contributed by atoms with van der Waals surface area (Å²) in [6.45, 7) is 5.30. The number of piperazine rings is 1. The van der Waals surface area contributed by atoms with Gasteiger partial charge in [-0.2, -0.15) is 5.26 Å². The fourth-order valence-corrected chi connectivity index (χ4v) is 2.98. The van der Waals surface area contributed by atoms with Gasteiger partial charge in [-0.05, 0) is 11.4 Å². The number of hydrogen-bond donors (Lipinski definition) is 1. The van der Waals surface area contributed by atoms with E-state index in [0.29, 0.717) is 23.5 Å². The van der Waals surface area contributed by atoms with E-state index < -0.39 is 0 Å². The molecule has 0 aliphatic carbocycles. The molecule has 0 spiro atoms. The lowest BCUT2D eigenvalue weighted by Gasteiger charge is -2.33. The normalized spacial score (nSPS) is 15.5. The maximum atomic E-state index is 11.9. The Morgan fingerprint density at radius 1 is 1.38 bits per heavy atom. The predicted molar refractivity (Wildman–Crippen MR) is 81.0 cm³/mol. The molecule has 1 saturated heterocycles. The van der Waals surface area contributed by atoms with Crippen molar-refractivity contribution in [2.45, 2.75) is 13.3 Å². The number of carbonyl (C=O) groups excluding carboxylic acids is 2. The van der Waals surface area contributed by atoms with Gasteiger partial charge in [0.25, 0.3) is 0 Å². The Kier molecular flexibility index (Phi) is 5.31. The van der Waals surface area contributed by atoms with Gasteiger partial charge < -0.3 is 10.2 Å². The molecule has 2 rings (SSSR count). The van der Waals surface area contributed by atoms with E-state index in [1.165, 1.54) is 11.3 Å². The zero-order valence-corrected chi connectivity index (χ0v) is 12.8. The van der Waals surface area contributed by atoms with Crippen LogP contribution in [0.4, 0.5) is 5.00 Å². The zero-order valence-electron chi connectivity index (χ0n) is 12.0. The molecule has 1 aliphatic rings. The van der Waals surface area contributed by atoms with E-state index >= 15 is 0 Å². The number of nitrogens with zero attached hydrogens (tertiary/aromatic N) is 3. The molecule has 7 heteroatoms. The van der Waals surface area contributed by atoms with E-state index in [1.807, 2.05) is 11.0 Å². The number of rotatable bonds is 4. The smallest absolute Gasteiger partial charge is 0.226 e. The number of thiophene rings is 1. The molecule has 1 aromatic heterocycles. The summed E-state index contributed by atoms with van der Waals surface area (Å²) < 4.78 is 0. The van der Waals surface area contributed by atoms with Crippen LogP contribution in [-0.4, -0.2) is 54.3 Å². The van der Waals surface area contributed by atoms with Crippen LogP contribution in [0.5, 0.6) is 0 Å². The van der Waals surface area contributed by atoms with Gasteiger partial charge in [-0.15, -0.1) is 11.3 Å². The highest BCUT2D eigenvalue weighted by Gasteiger charge is 2.19. The van der Waals surface area contributed by atoms with Crippen molar-refractivity contribution >= 4 is 28.2 Å². The van der Waals surface area contributed by atoms with Crippen LogP contribution in [0.1, 0.15) is 18.9 Å². The van der Waals surface area contributed by atoms with Gasteiger partial charge in [0.2, 0.25) is 11.8 Å². The first-order valence-electron chi connectivity index (χ1n) is 6.85. The SMILES string of the molecule is CC(=O)N1CCN(CCC(=O)Nc2sccc2C#N)CC1. The minimum Gasteiger partial charge on any atom is -0.340 e. The maximum absolute atomic E-state index is 11.9. The van der Waals surface area contributed by atoms with Crippen LogP contribution in [0, 0.1) is 11.3 Å². The standard InChI is InChI=1S/C14H18N4O2S/c1-11(19)18-7-5-17(6-8-18)4-2-13(20)16-14-12(10-15)3-9-21-14/h3,9H,2,4-8H2,1H3,(H,16,20). The van der Waals surface area contributed by atoms with Crippen molar-refractivity contribution in [2.75, 3.05) is 38.0 Å². The van der Waals surface area contributed by atoms with Crippen molar-refractivity contribution in [2.24, 2.45) is 0 Å². The van der Waals surface area contributed by atoms with Crippen LogP contribution in [0.3, 0.4) is 0 Å². The van der Waals surface area contributed by atoms with E-state index in [9.17, 15) is 9.59 Å². The Morgan fingerprint density at radius 2 is 2.10 bits per heavy atom. The summed E-state index contributed by atoms with van der Waals surface area (Å²) in [6.07, 6.45) is 0.392. The Hall–Kier alpha value is -1.91. The molecule has 112 valence electrons. The van der Waals surface area contributed by atoms with Crippen molar-refractivity contribution in [3.05, 3.63) is 17.0 Å². The number of amides is 2. The summed E-state index contributed by atoms with van der Waals surface area (Å²) in [5.74, 6) is 0.0251. The Balaban J connectivity index is 1.73. The van der Waals surface area contributed by atoms with Crippen molar-refractivity contribution < 1.29 is 9.59 Å². The zero-order chi connectivity index (χ0) is 15.2. The van der Waals surface area contributed by atoms with Crippen LogP contribution in [0.2, 0.25) is 0 Å². The number of nitriles is 1. The average Bonchev–Trinajstić information content (AvgIpc) is 2.92. The van der Waals surface area contributed by atoms with Crippen molar-refractivity contribution in [3.8, 4) is 6.07 Å². The van der Waals surface area contributed by atoms with Gasteiger partial charge in [0.1, 0.15) is 11.1 Å². The van der Waals surface area contributed by atoms with Crippen LogP contribution in [-0.2, 0) is 9.59 Å². The van der Waals surface area contributed by atoms with Gasteiger partial charge in [-0.3, -0.25) is 14.5 Å². The summed E-state index contributed by atoms with van der Waals surface area (Å²) in [7, 11) is 0. The third-order valence-corrected chi connectivity index (χ3v) is 4.34. The van der Waals surface area contributed by atoms with Crippen LogP contribution in [0.15, 0.2) is 11.4 Å². The Bertz CT molecular complexity index is 556. The van der Waals surface area contributed by atoms with E-state index in [2.05, 4.69) is 10.2 Å². The summed E-state index contributed by atoms with van der Waals surface area (Å²) in [5.41, 5.74) is 0.503. The highest BCUT2D eigenvalue weighted by Crippen LogP contribution is 2.22. The van der Waals surface area contributed by atoms with E-state index in [1.54, 1.807) is 18.4 Å². The summed E-state index contributed by atoms with van der Waals surface area (Å²) >= 11 is 1.36. The molecule has 1 aliphatic heterocycles. The van der Waals surface area contributed by atoms with Gasteiger partial charge in [-0.25, -0.2) is 0 Å². The molecular weight excluding hydrogens is 288 g/mol. The first-order valence-corrected chi connectivity index (χ1v) is 7.73. The molecule has 21 heavy (non-hydrogen) atoms. The average molecular weight is 306 g/mol. The molecule has 1 aromatic rings. The van der Waals surface area contributed by atoms with Gasteiger partial charge in [-0.1, -0.05) is 0 Å². The maximum Gasteiger partial charge on any atom is 0.226 e. The summed E-state index contributed by atoms with van der Waals surface area (Å²) in [6, 6.07) is 3.75. The second-order valence-electron chi connectivity index (χ2n) is 4.92. The van der Waals surface area contributed by atoms with Gasteiger partial charge in [0, 0.05) is 46.1 Å². The lowest BCUT2D eigenvalue weighted by atomic mass is 10.2. The van der Waals surface area contributed by atoms with Crippen LogP contribution < -0.4 is 5.32 Å². The molecule has 2 amide bonds. The molecule has 0 aromatic carbocycles. The summed E-state index contributed by atoms with van der Waals surface area (Å²) in [4.78, 5) is 27.1. The Morgan fingerprint density at radius 3 is 2.71 bits per heavy atom. The highest BCUT2D eigenvalue weighted by molar-refractivity contribution is 7.14. The van der Waals surface area contributed by atoms with E-state index in [0.717, 1.165) is 26.2 Å². The minimum atomic E-state index is -0.0806. The lowest BCUT2D eigenvalue weighted by Crippen LogP contribution is -2.48. The second kappa shape index (κ2) is 7.20. The molecular formula is C14H18N4O2S. The third-order valence-electron chi connectivity index (χ3n) is 3.51. The third kappa shape index (κ3) is 4.28. The minimum absolute atomic E-state index is 0.0806. The number of nitrogens with one attached hydrogen (secondary N) is 1. The first kappa shape index (κ1) is 15.5. The van der Waals surface area contributed by atoms with Crippen LogP contribution in [0.25, 0.3) is 0 Å². The molecule has 0 atom stereocenters. The molecule has 6 nitrogen and oxygen atoms in total.